The van der Waals surface area contributed by atoms with Crippen molar-refractivity contribution in [3.63, 3.8) is 0 Å². The van der Waals surface area contributed by atoms with E-state index in [0.717, 1.165) is 25.1 Å². The van der Waals surface area contributed by atoms with Gasteiger partial charge in [-0.15, -0.1) is 0 Å². The number of hydrogen-bond acceptors (Lipinski definition) is 4. The maximum Gasteiger partial charge on any atom is 0.0897 e. The molecule has 0 saturated heterocycles. The predicted molar refractivity (Wildman–Crippen MR) is 78.1 cm³/mol. The van der Waals surface area contributed by atoms with Gasteiger partial charge in [-0.2, -0.15) is 0 Å². The summed E-state index contributed by atoms with van der Waals surface area (Å²) in [6.07, 6.45) is 0.646. The standard InChI is InChI=1S/C15H26N2O2/c1-17(2)10-6-9-16-11-15(18)13-19-12-14-7-4-3-5-8-14/h3-5,7-8,15-16,18H,6,9-13H2,1-2H3. The molecular weight excluding hydrogens is 240 g/mol. The predicted octanol–water partition coefficient (Wildman–Crippen LogP) is 1.11. The van der Waals surface area contributed by atoms with Crippen molar-refractivity contribution in [2.24, 2.45) is 0 Å². The van der Waals surface area contributed by atoms with Crippen LogP contribution < -0.4 is 5.32 Å². The van der Waals surface area contributed by atoms with Crippen LogP contribution in [0.4, 0.5) is 0 Å². The summed E-state index contributed by atoms with van der Waals surface area (Å²) in [6.45, 7) is 3.50. The molecule has 0 heterocycles. The van der Waals surface area contributed by atoms with E-state index in [1.165, 1.54) is 0 Å². The normalized spacial score (nSPS) is 12.8. The largest absolute Gasteiger partial charge is 0.389 e. The summed E-state index contributed by atoms with van der Waals surface area (Å²) in [5.41, 5.74) is 1.13. The van der Waals surface area contributed by atoms with E-state index < -0.39 is 6.10 Å². The SMILES string of the molecule is CN(C)CCCNCC(O)COCc1ccccc1. The fourth-order valence-corrected chi connectivity index (χ4v) is 1.73. The lowest BCUT2D eigenvalue weighted by atomic mass is 10.2. The minimum Gasteiger partial charge on any atom is -0.389 e. The van der Waals surface area contributed by atoms with Crippen LogP contribution in [0, 0.1) is 0 Å². The van der Waals surface area contributed by atoms with Crippen molar-refractivity contribution in [2.75, 3.05) is 40.3 Å². The lowest BCUT2D eigenvalue weighted by molar-refractivity contribution is 0.0289. The third-order valence-electron chi connectivity index (χ3n) is 2.76. The smallest absolute Gasteiger partial charge is 0.0897 e. The van der Waals surface area contributed by atoms with Gasteiger partial charge in [0, 0.05) is 6.54 Å². The number of nitrogens with one attached hydrogen (secondary N) is 1. The molecule has 108 valence electrons. The molecular formula is C15H26N2O2. The maximum absolute atomic E-state index is 9.74. The first-order valence-electron chi connectivity index (χ1n) is 6.83. The number of ether oxygens (including phenoxy) is 1. The van der Waals surface area contributed by atoms with Crippen LogP contribution in [0.1, 0.15) is 12.0 Å². The molecule has 0 bridgehead atoms. The first-order chi connectivity index (χ1) is 9.18. The highest BCUT2D eigenvalue weighted by molar-refractivity contribution is 5.13. The van der Waals surface area contributed by atoms with Crippen LogP contribution >= 0.6 is 0 Å². The Hall–Kier alpha value is -0.940. The van der Waals surface area contributed by atoms with Gasteiger partial charge in [0.05, 0.1) is 19.3 Å². The second-order valence-corrected chi connectivity index (χ2v) is 5.02. The van der Waals surface area contributed by atoms with Crippen LogP contribution in [-0.2, 0) is 11.3 Å². The molecule has 0 radical (unpaired) electrons. The molecule has 0 aromatic heterocycles. The Balaban J connectivity index is 1.97. The molecule has 0 aliphatic carbocycles. The van der Waals surface area contributed by atoms with Crippen LogP contribution in [0.15, 0.2) is 30.3 Å². The highest BCUT2D eigenvalue weighted by Gasteiger charge is 2.03. The van der Waals surface area contributed by atoms with E-state index >= 15 is 0 Å². The summed E-state index contributed by atoms with van der Waals surface area (Å²) in [5, 5.41) is 13.0. The molecule has 0 fully saturated rings. The first-order valence-corrected chi connectivity index (χ1v) is 6.83. The minimum absolute atomic E-state index is 0.371. The van der Waals surface area contributed by atoms with Gasteiger partial charge in [0.15, 0.2) is 0 Å². The Morgan fingerprint density at radius 2 is 2.00 bits per heavy atom. The van der Waals surface area contributed by atoms with Crippen LogP contribution in [0.3, 0.4) is 0 Å². The molecule has 1 atom stereocenters. The molecule has 0 spiro atoms. The van der Waals surface area contributed by atoms with Crippen molar-refractivity contribution >= 4 is 0 Å². The molecule has 19 heavy (non-hydrogen) atoms. The zero-order valence-corrected chi connectivity index (χ0v) is 12.0. The van der Waals surface area contributed by atoms with Gasteiger partial charge < -0.3 is 20.1 Å². The topological polar surface area (TPSA) is 44.7 Å². The molecule has 0 aliphatic heterocycles. The number of hydrogen-bond donors (Lipinski definition) is 2. The number of rotatable bonds is 10. The third-order valence-corrected chi connectivity index (χ3v) is 2.76. The highest BCUT2D eigenvalue weighted by Crippen LogP contribution is 2.00. The van der Waals surface area contributed by atoms with Crippen LogP contribution in [0.5, 0.6) is 0 Å². The molecule has 1 rings (SSSR count). The van der Waals surface area contributed by atoms with Crippen LogP contribution in [-0.4, -0.2) is 56.4 Å². The fourth-order valence-electron chi connectivity index (χ4n) is 1.73. The number of aliphatic hydroxyl groups is 1. The van der Waals surface area contributed by atoms with Crippen molar-refractivity contribution in [1.82, 2.24) is 10.2 Å². The summed E-state index contributed by atoms with van der Waals surface area (Å²) in [6, 6.07) is 10.00. The van der Waals surface area contributed by atoms with Crippen molar-refractivity contribution in [1.29, 1.82) is 0 Å². The minimum atomic E-state index is -0.442. The van der Waals surface area contributed by atoms with E-state index in [1.54, 1.807) is 0 Å². The Kier molecular flexibility index (Phi) is 8.41. The van der Waals surface area contributed by atoms with Gasteiger partial charge in [-0.25, -0.2) is 0 Å². The van der Waals surface area contributed by atoms with E-state index in [-0.39, 0.29) is 0 Å². The average molecular weight is 266 g/mol. The lowest BCUT2D eigenvalue weighted by Crippen LogP contribution is -2.32. The van der Waals surface area contributed by atoms with Gasteiger partial charge in [-0.1, -0.05) is 30.3 Å². The van der Waals surface area contributed by atoms with E-state index in [2.05, 4.69) is 24.3 Å². The summed E-state index contributed by atoms with van der Waals surface area (Å²) in [7, 11) is 4.12. The van der Waals surface area contributed by atoms with Gasteiger partial charge in [-0.3, -0.25) is 0 Å². The molecule has 0 amide bonds. The Bertz CT molecular complexity index is 317. The van der Waals surface area contributed by atoms with Gasteiger partial charge in [0.2, 0.25) is 0 Å². The zero-order valence-electron chi connectivity index (χ0n) is 12.0. The van der Waals surface area contributed by atoms with Gasteiger partial charge in [-0.05, 0) is 39.2 Å². The van der Waals surface area contributed by atoms with Crippen LogP contribution in [0.25, 0.3) is 0 Å². The highest BCUT2D eigenvalue weighted by atomic mass is 16.5. The summed E-state index contributed by atoms with van der Waals surface area (Å²) in [5.74, 6) is 0. The summed E-state index contributed by atoms with van der Waals surface area (Å²) in [4.78, 5) is 2.15. The fraction of sp³-hybridized carbons (Fsp3) is 0.600. The molecule has 2 N–H and O–H groups in total. The Morgan fingerprint density at radius 3 is 2.68 bits per heavy atom. The van der Waals surface area contributed by atoms with Crippen LogP contribution in [0.2, 0.25) is 0 Å². The molecule has 1 aromatic carbocycles. The van der Waals surface area contributed by atoms with Crippen molar-refractivity contribution in [2.45, 2.75) is 19.1 Å². The summed E-state index contributed by atoms with van der Waals surface area (Å²) < 4.78 is 5.48. The maximum atomic E-state index is 9.74. The van der Waals surface area contributed by atoms with E-state index in [4.69, 9.17) is 4.74 Å². The average Bonchev–Trinajstić information content (AvgIpc) is 2.39. The molecule has 1 unspecified atom stereocenters. The van der Waals surface area contributed by atoms with Crippen molar-refractivity contribution in [3.8, 4) is 0 Å². The van der Waals surface area contributed by atoms with Crippen molar-refractivity contribution < 1.29 is 9.84 Å². The molecule has 0 aliphatic rings. The Labute approximate surface area is 116 Å². The summed E-state index contributed by atoms with van der Waals surface area (Å²) >= 11 is 0. The van der Waals surface area contributed by atoms with Gasteiger partial charge >= 0.3 is 0 Å². The number of benzene rings is 1. The monoisotopic (exact) mass is 266 g/mol. The molecule has 0 saturated carbocycles. The molecule has 4 nitrogen and oxygen atoms in total. The number of nitrogens with zero attached hydrogens (tertiary/aromatic N) is 1. The first kappa shape index (κ1) is 16.1. The van der Waals surface area contributed by atoms with Gasteiger partial charge in [0.25, 0.3) is 0 Å². The third kappa shape index (κ3) is 8.72. The van der Waals surface area contributed by atoms with E-state index in [0.29, 0.717) is 19.8 Å². The lowest BCUT2D eigenvalue weighted by Gasteiger charge is -2.13. The zero-order chi connectivity index (χ0) is 13.9. The van der Waals surface area contributed by atoms with Crippen molar-refractivity contribution in [3.05, 3.63) is 35.9 Å². The van der Waals surface area contributed by atoms with E-state index in [9.17, 15) is 5.11 Å². The number of aliphatic hydroxyl groups excluding tert-OH is 1. The molecule has 4 heteroatoms. The molecule has 1 aromatic rings. The Morgan fingerprint density at radius 1 is 1.26 bits per heavy atom. The van der Waals surface area contributed by atoms with Gasteiger partial charge in [0.1, 0.15) is 0 Å². The second kappa shape index (κ2) is 9.92. The van der Waals surface area contributed by atoms with E-state index in [1.807, 2.05) is 30.3 Å². The second-order valence-electron chi connectivity index (χ2n) is 5.02. The quantitative estimate of drug-likeness (QED) is 0.623.